The van der Waals surface area contributed by atoms with Crippen LogP contribution in [-0.2, 0) is 19.6 Å². The lowest BCUT2D eigenvalue weighted by atomic mass is 10.2. The Hall–Kier alpha value is -3.65. The van der Waals surface area contributed by atoms with Gasteiger partial charge in [-0.3, -0.25) is 9.10 Å². The number of benzene rings is 3. The molecule has 0 spiro atoms. The fraction of sp³-hybridized carbons (Fsp3) is 0.0909. The Morgan fingerprint density at radius 2 is 1.53 bits per heavy atom. The van der Waals surface area contributed by atoms with Crippen molar-refractivity contribution in [2.75, 3.05) is 23.3 Å². The minimum Gasteiger partial charge on any atom is -0.452 e. The molecule has 3 rings (SSSR count). The zero-order valence-electron chi connectivity index (χ0n) is 16.2. The molecule has 0 aliphatic heterocycles. The Kier molecular flexibility index (Phi) is 6.48. The van der Waals surface area contributed by atoms with Crippen molar-refractivity contribution in [3.05, 3.63) is 90.5 Å². The van der Waals surface area contributed by atoms with E-state index in [-0.39, 0.29) is 10.5 Å². The summed E-state index contributed by atoms with van der Waals surface area (Å²) >= 11 is 0. The average molecular weight is 424 g/mol. The molecule has 0 atom stereocenters. The molecule has 3 aromatic carbocycles. The number of carbonyl (C=O) groups is 2. The highest BCUT2D eigenvalue weighted by Crippen LogP contribution is 2.22. The van der Waals surface area contributed by atoms with Crippen LogP contribution in [0.4, 0.5) is 11.4 Å². The van der Waals surface area contributed by atoms with Gasteiger partial charge >= 0.3 is 5.97 Å². The molecule has 8 heteroatoms. The standard InChI is InChI=1S/C22H20N2O5S/c1-24(19-12-6-3-7-13-19)30(27,28)20-14-8-9-17(15-20)22(26)29-16-21(25)23-18-10-4-2-5-11-18/h2-15H,16H2,1H3,(H,23,25). The maximum atomic E-state index is 12.9. The van der Waals surface area contributed by atoms with E-state index < -0.39 is 28.5 Å². The Balaban J connectivity index is 1.68. The number of hydrogen-bond acceptors (Lipinski definition) is 5. The number of anilines is 2. The van der Waals surface area contributed by atoms with Gasteiger partial charge in [0.1, 0.15) is 0 Å². The lowest BCUT2D eigenvalue weighted by Gasteiger charge is -2.19. The predicted molar refractivity (Wildman–Crippen MR) is 114 cm³/mol. The van der Waals surface area contributed by atoms with Crippen molar-refractivity contribution >= 4 is 33.3 Å². The number of rotatable bonds is 7. The maximum Gasteiger partial charge on any atom is 0.338 e. The fourth-order valence-corrected chi connectivity index (χ4v) is 3.89. The van der Waals surface area contributed by atoms with Crippen molar-refractivity contribution in [2.45, 2.75) is 4.90 Å². The normalized spacial score (nSPS) is 10.8. The van der Waals surface area contributed by atoms with Crippen LogP contribution >= 0.6 is 0 Å². The molecule has 7 nitrogen and oxygen atoms in total. The Morgan fingerprint density at radius 3 is 2.20 bits per heavy atom. The van der Waals surface area contributed by atoms with Crippen molar-refractivity contribution < 1.29 is 22.7 Å². The average Bonchev–Trinajstić information content (AvgIpc) is 2.78. The molecular formula is C22H20N2O5S. The highest BCUT2D eigenvalue weighted by atomic mass is 32.2. The highest BCUT2D eigenvalue weighted by Gasteiger charge is 2.22. The molecule has 1 amide bonds. The van der Waals surface area contributed by atoms with Gasteiger partial charge in [0.25, 0.3) is 15.9 Å². The molecule has 0 heterocycles. The first kappa shape index (κ1) is 21.1. The van der Waals surface area contributed by atoms with Gasteiger partial charge in [0.05, 0.1) is 16.1 Å². The van der Waals surface area contributed by atoms with E-state index in [4.69, 9.17) is 4.74 Å². The number of hydrogen-bond donors (Lipinski definition) is 1. The summed E-state index contributed by atoms with van der Waals surface area (Å²) in [4.78, 5) is 24.2. The lowest BCUT2D eigenvalue weighted by molar-refractivity contribution is -0.119. The molecule has 154 valence electrons. The molecule has 0 radical (unpaired) electrons. The summed E-state index contributed by atoms with van der Waals surface area (Å²) in [5.74, 6) is -1.29. The molecule has 0 bridgehead atoms. The van der Waals surface area contributed by atoms with Crippen LogP contribution in [0.15, 0.2) is 89.8 Å². The quantitative estimate of drug-likeness (QED) is 0.588. The minimum atomic E-state index is -3.87. The first-order valence-electron chi connectivity index (χ1n) is 9.04. The molecular weight excluding hydrogens is 404 g/mol. The number of para-hydroxylation sites is 2. The monoisotopic (exact) mass is 424 g/mol. The Morgan fingerprint density at radius 1 is 0.900 bits per heavy atom. The first-order chi connectivity index (χ1) is 14.4. The van der Waals surface area contributed by atoms with Crippen LogP contribution in [-0.4, -0.2) is 33.9 Å². The number of nitrogens with one attached hydrogen (secondary N) is 1. The van der Waals surface area contributed by atoms with Gasteiger partial charge in [0.15, 0.2) is 6.61 Å². The van der Waals surface area contributed by atoms with Crippen molar-refractivity contribution in [2.24, 2.45) is 0 Å². The van der Waals surface area contributed by atoms with Crippen LogP contribution in [0.2, 0.25) is 0 Å². The van der Waals surface area contributed by atoms with Crippen LogP contribution in [0.3, 0.4) is 0 Å². The molecule has 0 aromatic heterocycles. The topological polar surface area (TPSA) is 92.8 Å². The van der Waals surface area contributed by atoms with Crippen LogP contribution in [0.25, 0.3) is 0 Å². The van der Waals surface area contributed by atoms with Gasteiger partial charge in [-0.15, -0.1) is 0 Å². The second-order valence-corrected chi connectivity index (χ2v) is 8.30. The Bertz CT molecular complexity index is 1130. The van der Waals surface area contributed by atoms with E-state index in [1.54, 1.807) is 54.6 Å². The SMILES string of the molecule is CN(c1ccccc1)S(=O)(=O)c1cccc(C(=O)OCC(=O)Nc2ccccc2)c1. The molecule has 1 N–H and O–H groups in total. The number of sulfonamides is 1. The summed E-state index contributed by atoms with van der Waals surface area (Å²) in [5, 5.41) is 2.60. The number of ether oxygens (including phenoxy) is 1. The third-order valence-electron chi connectivity index (χ3n) is 4.24. The van der Waals surface area contributed by atoms with E-state index in [9.17, 15) is 18.0 Å². The van der Waals surface area contributed by atoms with Crippen molar-refractivity contribution in [1.29, 1.82) is 0 Å². The summed E-state index contributed by atoms with van der Waals surface area (Å²) < 4.78 is 31.9. The van der Waals surface area contributed by atoms with Crippen LogP contribution in [0.1, 0.15) is 10.4 Å². The van der Waals surface area contributed by atoms with E-state index in [1.165, 1.54) is 31.3 Å². The van der Waals surface area contributed by atoms with Crippen molar-refractivity contribution in [3.8, 4) is 0 Å². The van der Waals surface area contributed by atoms with Gasteiger partial charge in [-0.05, 0) is 42.5 Å². The second kappa shape index (κ2) is 9.23. The highest BCUT2D eigenvalue weighted by molar-refractivity contribution is 7.92. The summed E-state index contributed by atoms with van der Waals surface area (Å²) in [7, 11) is -2.44. The van der Waals surface area contributed by atoms with Crippen LogP contribution in [0, 0.1) is 0 Å². The molecule has 30 heavy (non-hydrogen) atoms. The lowest BCUT2D eigenvalue weighted by Crippen LogP contribution is -2.26. The molecule has 0 saturated heterocycles. The van der Waals surface area contributed by atoms with Gasteiger partial charge < -0.3 is 10.1 Å². The number of esters is 1. The third kappa shape index (κ3) is 5.03. The largest absolute Gasteiger partial charge is 0.452 e. The zero-order chi connectivity index (χ0) is 21.6. The Labute approximate surface area is 175 Å². The molecule has 0 aliphatic carbocycles. The van der Waals surface area contributed by atoms with Gasteiger partial charge in [-0.25, -0.2) is 13.2 Å². The van der Waals surface area contributed by atoms with Gasteiger partial charge in [0.2, 0.25) is 0 Å². The number of nitrogens with zero attached hydrogens (tertiary/aromatic N) is 1. The fourth-order valence-electron chi connectivity index (χ4n) is 2.65. The van der Waals surface area contributed by atoms with E-state index in [2.05, 4.69) is 5.32 Å². The van der Waals surface area contributed by atoms with E-state index >= 15 is 0 Å². The number of amides is 1. The molecule has 0 saturated carbocycles. The minimum absolute atomic E-state index is 0.0325. The second-order valence-electron chi connectivity index (χ2n) is 6.33. The molecule has 3 aromatic rings. The van der Waals surface area contributed by atoms with E-state index in [1.807, 2.05) is 6.07 Å². The molecule has 0 fully saturated rings. The summed E-state index contributed by atoms with van der Waals surface area (Å²) in [6, 6.07) is 22.8. The summed E-state index contributed by atoms with van der Waals surface area (Å²) in [6.07, 6.45) is 0. The van der Waals surface area contributed by atoms with Gasteiger partial charge in [-0.1, -0.05) is 42.5 Å². The van der Waals surface area contributed by atoms with Gasteiger partial charge in [0, 0.05) is 12.7 Å². The summed E-state index contributed by atoms with van der Waals surface area (Å²) in [5.41, 5.74) is 1.10. The first-order valence-corrected chi connectivity index (χ1v) is 10.5. The van der Waals surface area contributed by atoms with Crippen LogP contribution < -0.4 is 9.62 Å². The molecule has 0 aliphatic rings. The van der Waals surface area contributed by atoms with E-state index in [0.717, 1.165) is 4.31 Å². The van der Waals surface area contributed by atoms with Crippen molar-refractivity contribution in [3.63, 3.8) is 0 Å². The van der Waals surface area contributed by atoms with Crippen LogP contribution in [0.5, 0.6) is 0 Å². The van der Waals surface area contributed by atoms with Gasteiger partial charge in [-0.2, -0.15) is 0 Å². The summed E-state index contributed by atoms with van der Waals surface area (Å²) in [6.45, 7) is -0.491. The third-order valence-corrected chi connectivity index (χ3v) is 6.02. The van der Waals surface area contributed by atoms with Crippen molar-refractivity contribution in [1.82, 2.24) is 0 Å². The molecule has 0 unspecified atom stereocenters. The smallest absolute Gasteiger partial charge is 0.338 e. The maximum absolute atomic E-state index is 12.9. The predicted octanol–water partition coefficient (Wildman–Crippen LogP) is 3.31. The van der Waals surface area contributed by atoms with E-state index in [0.29, 0.717) is 11.4 Å². The zero-order valence-corrected chi connectivity index (χ0v) is 17.0. The number of carbonyl (C=O) groups excluding carboxylic acids is 2.